The normalized spacial score (nSPS) is 29.4. The highest BCUT2D eigenvalue weighted by Crippen LogP contribution is 2.65. The molecule has 11 heteroatoms. The zero-order chi connectivity index (χ0) is 33.0. The summed E-state index contributed by atoms with van der Waals surface area (Å²) in [4.78, 5) is 42.3. The minimum absolute atomic E-state index is 0.0164. The molecule has 2 bridgehead atoms. The lowest BCUT2D eigenvalue weighted by atomic mass is 9.43. The third-order valence-corrected chi connectivity index (χ3v) is 11.1. The van der Waals surface area contributed by atoms with Gasteiger partial charge in [0.15, 0.2) is 0 Å². The first-order valence-electron chi connectivity index (χ1n) is 16.9. The van der Waals surface area contributed by atoms with E-state index in [9.17, 15) is 9.59 Å². The lowest BCUT2D eigenvalue weighted by molar-refractivity contribution is -0.199. The molecule has 1 saturated heterocycles. The van der Waals surface area contributed by atoms with Crippen LogP contribution >= 0.6 is 0 Å². The van der Waals surface area contributed by atoms with Gasteiger partial charge in [-0.05, 0) is 67.1 Å². The van der Waals surface area contributed by atoms with Crippen LogP contribution < -0.4 is 10.6 Å². The van der Waals surface area contributed by atoms with Crippen molar-refractivity contribution in [3.63, 3.8) is 0 Å². The average Bonchev–Trinajstić information content (AvgIpc) is 3.64. The molecule has 2 amide bonds. The maximum absolute atomic E-state index is 14.4. The van der Waals surface area contributed by atoms with Crippen LogP contribution in [0.25, 0.3) is 11.0 Å². The average molecular weight is 638 g/mol. The fourth-order valence-corrected chi connectivity index (χ4v) is 8.32. The molecule has 1 unspecified atom stereocenters. The molecule has 0 radical (unpaired) electrons. The Morgan fingerprint density at radius 2 is 1.77 bits per heavy atom. The summed E-state index contributed by atoms with van der Waals surface area (Å²) in [5, 5.41) is 10.5. The second-order valence-corrected chi connectivity index (χ2v) is 15.1. The molecule has 5 aliphatic rings. The number of amides is 2. The first kappa shape index (κ1) is 31.8. The van der Waals surface area contributed by atoms with E-state index in [1.807, 2.05) is 54.6 Å². The predicted molar refractivity (Wildman–Crippen MR) is 179 cm³/mol. The van der Waals surface area contributed by atoms with Gasteiger partial charge in [0.25, 0.3) is 11.8 Å². The lowest BCUT2D eigenvalue weighted by Gasteiger charge is -2.64. The Balaban J connectivity index is 1.07. The Morgan fingerprint density at radius 1 is 1.02 bits per heavy atom. The molecule has 0 spiro atoms. The number of fused-ring (bicyclic) bond motifs is 1. The van der Waals surface area contributed by atoms with Crippen molar-refractivity contribution in [1.82, 2.24) is 20.6 Å². The SMILES string of the molecule is CC(C)C[C@H](NC(=O)C1(Cc2ccccc2)CC(CNC(=O)c2cnc3ccccc3n2)=NO1)B1O[C@@H]2C[C@@H]3C[C@@H](C3(C)C)[C@]2(C)O1. The number of hydrogen-bond acceptors (Lipinski definition) is 8. The van der Waals surface area contributed by atoms with Crippen LogP contribution in [0.2, 0.25) is 0 Å². The maximum Gasteiger partial charge on any atom is 0.481 e. The maximum atomic E-state index is 14.4. The van der Waals surface area contributed by atoms with Crippen LogP contribution in [0.1, 0.15) is 76.4 Å². The van der Waals surface area contributed by atoms with Gasteiger partial charge in [0.1, 0.15) is 5.69 Å². The largest absolute Gasteiger partial charge is 0.481 e. The van der Waals surface area contributed by atoms with Gasteiger partial charge < -0.3 is 24.8 Å². The molecule has 2 aliphatic heterocycles. The molecule has 3 aromatic rings. The Morgan fingerprint density at radius 3 is 2.51 bits per heavy atom. The van der Waals surface area contributed by atoms with E-state index in [4.69, 9.17) is 14.1 Å². The van der Waals surface area contributed by atoms with E-state index < -0.39 is 12.7 Å². The molecule has 10 nitrogen and oxygen atoms in total. The van der Waals surface area contributed by atoms with Gasteiger partial charge in [0.2, 0.25) is 5.60 Å². The van der Waals surface area contributed by atoms with Crippen LogP contribution in [0, 0.1) is 23.2 Å². The molecule has 3 heterocycles. The Labute approximate surface area is 276 Å². The number of rotatable bonds is 10. The fraction of sp³-hybridized carbons (Fsp3) is 0.528. The first-order valence-corrected chi connectivity index (χ1v) is 16.9. The van der Waals surface area contributed by atoms with Crippen molar-refractivity contribution in [1.29, 1.82) is 0 Å². The van der Waals surface area contributed by atoms with E-state index >= 15 is 0 Å². The number of carbonyl (C=O) groups excluding carboxylic acids is 2. The number of hydrogen-bond donors (Lipinski definition) is 2. The van der Waals surface area contributed by atoms with Crippen molar-refractivity contribution >= 4 is 35.7 Å². The molecule has 6 atom stereocenters. The van der Waals surface area contributed by atoms with E-state index in [1.54, 1.807) is 0 Å². The monoisotopic (exact) mass is 637 g/mol. The summed E-state index contributed by atoms with van der Waals surface area (Å²) >= 11 is 0. The van der Waals surface area contributed by atoms with Gasteiger partial charge in [-0.15, -0.1) is 0 Å². The van der Waals surface area contributed by atoms with Gasteiger partial charge in [-0.2, -0.15) is 0 Å². The summed E-state index contributed by atoms with van der Waals surface area (Å²) in [5.74, 6) is 0.346. The molecule has 1 aromatic heterocycles. The van der Waals surface area contributed by atoms with Gasteiger partial charge in [0, 0.05) is 12.8 Å². The van der Waals surface area contributed by atoms with Gasteiger partial charge in [-0.3, -0.25) is 14.6 Å². The van der Waals surface area contributed by atoms with Gasteiger partial charge >= 0.3 is 7.12 Å². The number of benzene rings is 2. The van der Waals surface area contributed by atoms with Crippen LogP contribution in [0.15, 0.2) is 65.9 Å². The zero-order valence-electron chi connectivity index (χ0n) is 27.9. The second kappa shape index (κ2) is 12.0. The molecular weight excluding hydrogens is 593 g/mol. The van der Waals surface area contributed by atoms with Crippen molar-refractivity contribution < 1.29 is 23.7 Å². The van der Waals surface area contributed by atoms with E-state index in [1.165, 1.54) is 6.20 Å². The minimum atomic E-state index is -1.29. The molecular formula is C36H44BN5O5. The van der Waals surface area contributed by atoms with E-state index in [2.05, 4.69) is 60.4 Å². The van der Waals surface area contributed by atoms with Gasteiger partial charge in [-0.1, -0.05) is 75.3 Å². The number of aromatic nitrogens is 2. The topological polar surface area (TPSA) is 124 Å². The molecule has 8 rings (SSSR count). The van der Waals surface area contributed by atoms with Crippen molar-refractivity contribution in [2.24, 2.45) is 28.3 Å². The summed E-state index contributed by atoms with van der Waals surface area (Å²) in [6.07, 6.45) is 4.84. The first-order chi connectivity index (χ1) is 22.5. The molecule has 3 saturated carbocycles. The fourth-order valence-electron chi connectivity index (χ4n) is 8.32. The van der Waals surface area contributed by atoms with Crippen LogP contribution in [0.3, 0.4) is 0 Å². The molecule has 2 N–H and O–H groups in total. The van der Waals surface area contributed by atoms with Crippen LogP contribution in [-0.4, -0.2) is 64.4 Å². The number of oxime groups is 1. The quantitative estimate of drug-likeness (QED) is 0.303. The van der Waals surface area contributed by atoms with Crippen molar-refractivity contribution in [2.75, 3.05) is 6.54 Å². The number of para-hydroxylation sites is 2. The summed E-state index contributed by atoms with van der Waals surface area (Å²) in [6.45, 7) is 11.3. The number of nitrogens with one attached hydrogen (secondary N) is 2. The van der Waals surface area contributed by atoms with Crippen molar-refractivity contribution in [3.8, 4) is 0 Å². The summed E-state index contributed by atoms with van der Waals surface area (Å²) < 4.78 is 13.4. The predicted octanol–water partition coefficient (Wildman–Crippen LogP) is 4.92. The van der Waals surface area contributed by atoms with E-state index in [0.29, 0.717) is 47.3 Å². The van der Waals surface area contributed by atoms with E-state index in [0.717, 1.165) is 18.4 Å². The molecule has 246 valence electrons. The number of carbonyl (C=O) groups is 2. The van der Waals surface area contributed by atoms with Gasteiger partial charge in [0.05, 0.1) is 47.1 Å². The van der Waals surface area contributed by atoms with Crippen LogP contribution in [0.4, 0.5) is 0 Å². The standard InChI is InChI=1S/C36H44BN5O5/c1-22(2)15-31(37-45-30-17-24-16-29(34(24,3)4)35(30,5)46-37)41-33(44)36(18-23-11-7-6-8-12-23)19-25(42-47-36)20-39-32(43)28-21-38-26-13-9-10-14-27(26)40-28/h6-14,21-22,24,29-31H,15-20H2,1-5H3,(H,39,43)(H,41,44)/t24-,29-,30+,31-,35-,36?/m0/s1. The Bertz CT molecular complexity index is 1700. The minimum Gasteiger partial charge on any atom is -0.404 e. The third-order valence-electron chi connectivity index (χ3n) is 11.1. The van der Waals surface area contributed by atoms with Gasteiger partial charge in [-0.25, -0.2) is 4.98 Å². The van der Waals surface area contributed by atoms with E-state index in [-0.39, 0.29) is 53.5 Å². The van der Waals surface area contributed by atoms with Crippen molar-refractivity contribution in [3.05, 3.63) is 72.1 Å². The Hall–Kier alpha value is -3.83. The number of nitrogens with zero attached hydrogens (tertiary/aromatic N) is 3. The summed E-state index contributed by atoms with van der Waals surface area (Å²) in [7, 11) is -0.551. The highest BCUT2D eigenvalue weighted by atomic mass is 16.7. The third kappa shape index (κ3) is 5.82. The summed E-state index contributed by atoms with van der Waals surface area (Å²) in [5.41, 5.74) is 1.63. The molecule has 2 aromatic carbocycles. The van der Waals surface area contributed by atoms with Crippen LogP contribution in [0.5, 0.6) is 0 Å². The van der Waals surface area contributed by atoms with Crippen molar-refractivity contribution in [2.45, 2.75) is 90.0 Å². The van der Waals surface area contributed by atoms with Crippen LogP contribution in [-0.2, 0) is 25.4 Å². The Kier molecular flexibility index (Phi) is 8.11. The zero-order valence-corrected chi connectivity index (χ0v) is 27.9. The molecule has 47 heavy (non-hydrogen) atoms. The lowest BCUT2D eigenvalue weighted by Crippen LogP contribution is -2.65. The highest BCUT2D eigenvalue weighted by Gasteiger charge is 2.68. The molecule has 4 fully saturated rings. The second-order valence-electron chi connectivity index (χ2n) is 15.1. The molecule has 3 aliphatic carbocycles. The summed E-state index contributed by atoms with van der Waals surface area (Å²) in [6, 6.07) is 17.2. The smallest absolute Gasteiger partial charge is 0.404 e. The highest BCUT2D eigenvalue weighted by molar-refractivity contribution is 6.48.